The van der Waals surface area contributed by atoms with Crippen molar-refractivity contribution in [2.24, 2.45) is 5.92 Å². The molecule has 0 radical (unpaired) electrons. The van der Waals surface area contributed by atoms with Crippen molar-refractivity contribution in [3.8, 4) is 0 Å². The molecule has 0 saturated heterocycles. The smallest absolute Gasteiger partial charge is 0.0281 e. The van der Waals surface area contributed by atoms with Crippen molar-refractivity contribution >= 4 is 11.8 Å². The first-order chi connectivity index (χ1) is 7.08. The van der Waals surface area contributed by atoms with Crippen molar-refractivity contribution in [2.45, 2.75) is 63.7 Å². The molecule has 0 amide bonds. The van der Waals surface area contributed by atoms with Gasteiger partial charge in [0.15, 0.2) is 0 Å². The van der Waals surface area contributed by atoms with E-state index in [0.717, 1.165) is 5.92 Å². The Morgan fingerprint density at radius 2 is 1.87 bits per heavy atom. The van der Waals surface area contributed by atoms with Gasteiger partial charge < -0.3 is 5.32 Å². The molecule has 1 nitrogen and oxygen atoms in total. The Hall–Kier alpha value is 0.310. The van der Waals surface area contributed by atoms with Crippen LogP contribution in [0, 0.1) is 5.92 Å². The van der Waals surface area contributed by atoms with Crippen LogP contribution >= 0.6 is 11.8 Å². The summed E-state index contributed by atoms with van der Waals surface area (Å²) in [5.74, 6) is 0.840. The van der Waals surface area contributed by atoms with E-state index in [1.165, 1.54) is 38.6 Å². The first kappa shape index (κ1) is 13.4. The predicted molar refractivity (Wildman–Crippen MR) is 71.6 cm³/mol. The number of thioether (sulfide) groups is 1. The summed E-state index contributed by atoms with van der Waals surface area (Å²) in [5.41, 5.74) is 0. The highest BCUT2D eigenvalue weighted by molar-refractivity contribution is 8.00. The van der Waals surface area contributed by atoms with E-state index in [-0.39, 0.29) is 0 Å². The van der Waals surface area contributed by atoms with Gasteiger partial charge in [-0.3, -0.25) is 0 Å². The molecule has 0 aromatic carbocycles. The third kappa shape index (κ3) is 4.36. The molecular formula is C13H27NS. The van der Waals surface area contributed by atoms with Gasteiger partial charge in [-0.2, -0.15) is 11.8 Å². The van der Waals surface area contributed by atoms with Crippen LogP contribution in [0.3, 0.4) is 0 Å². The summed E-state index contributed by atoms with van der Waals surface area (Å²) >= 11 is 2.06. The fraction of sp³-hybridized carbons (Fsp3) is 1.00. The summed E-state index contributed by atoms with van der Waals surface area (Å²) in [6, 6.07) is 0.692. The second kappa shape index (κ2) is 6.15. The molecule has 1 saturated carbocycles. The molecule has 0 bridgehead atoms. The number of nitrogens with one attached hydrogen (secondary N) is 1. The Kier molecular flexibility index (Phi) is 5.48. The van der Waals surface area contributed by atoms with E-state index >= 15 is 0 Å². The molecule has 1 aliphatic rings. The normalized spacial score (nSPS) is 21.4. The second-order valence-electron chi connectivity index (χ2n) is 5.49. The zero-order valence-corrected chi connectivity index (χ0v) is 11.6. The van der Waals surface area contributed by atoms with E-state index in [4.69, 9.17) is 0 Å². The molecule has 0 aliphatic heterocycles. The largest absolute Gasteiger partial charge is 0.313 e. The van der Waals surface area contributed by atoms with E-state index in [9.17, 15) is 0 Å². The summed E-state index contributed by atoms with van der Waals surface area (Å²) in [4.78, 5) is 0. The quantitative estimate of drug-likeness (QED) is 0.714. The van der Waals surface area contributed by atoms with Crippen LogP contribution in [0.1, 0.15) is 52.9 Å². The molecule has 15 heavy (non-hydrogen) atoms. The Morgan fingerprint density at radius 1 is 1.20 bits per heavy atom. The van der Waals surface area contributed by atoms with Gasteiger partial charge in [-0.15, -0.1) is 0 Å². The second-order valence-corrected chi connectivity index (χ2v) is 6.77. The van der Waals surface area contributed by atoms with E-state index in [1.54, 1.807) is 0 Å². The third-order valence-corrected chi connectivity index (χ3v) is 5.07. The van der Waals surface area contributed by atoms with Gasteiger partial charge >= 0.3 is 0 Å². The summed E-state index contributed by atoms with van der Waals surface area (Å²) in [5, 5.41) is 3.71. The van der Waals surface area contributed by atoms with Gasteiger partial charge in [0.05, 0.1) is 0 Å². The lowest BCUT2D eigenvalue weighted by molar-refractivity contribution is 0.325. The van der Waals surface area contributed by atoms with Gasteiger partial charge in [0.1, 0.15) is 0 Å². The first-order valence-electron chi connectivity index (χ1n) is 6.36. The van der Waals surface area contributed by atoms with E-state index in [1.807, 2.05) is 0 Å². The van der Waals surface area contributed by atoms with Crippen molar-refractivity contribution in [1.29, 1.82) is 0 Å². The zero-order valence-electron chi connectivity index (χ0n) is 10.8. The fourth-order valence-corrected chi connectivity index (χ4v) is 2.99. The zero-order chi connectivity index (χ0) is 11.3. The van der Waals surface area contributed by atoms with Crippen LogP contribution in [0.15, 0.2) is 0 Å². The maximum atomic E-state index is 3.71. The SMILES string of the molecule is CSC1(CNC(C)CCC(C)C)CCC1. The first-order valence-corrected chi connectivity index (χ1v) is 7.59. The number of rotatable bonds is 7. The maximum Gasteiger partial charge on any atom is 0.0281 e. The average Bonchev–Trinajstić information content (AvgIpc) is 2.14. The lowest BCUT2D eigenvalue weighted by Crippen LogP contribution is -2.45. The fourth-order valence-electron chi connectivity index (χ4n) is 2.07. The van der Waals surface area contributed by atoms with E-state index in [2.05, 4.69) is 44.1 Å². The van der Waals surface area contributed by atoms with Crippen LogP contribution in [0.2, 0.25) is 0 Å². The monoisotopic (exact) mass is 229 g/mol. The molecule has 0 heterocycles. The summed E-state index contributed by atoms with van der Waals surface area (Å²) in [6.07, 6.45) is 9.20. The molecule has 1 rings (SSSR count). The summed E-state index contributed by atoms with van der Waals surface area (Å²) < 4.78 is 0.589. The van der Waals surface area contributed by atoms with Crippen LogP contribution in [0.4, 0.5) is 0 Å². The van der Waals surface area contributed by atoms with Gasteiger partial charge in [-0.05, 0) is 44.8 Å². The minimum atomic E-state index is 0.589. The van der Waals surface area contributed by atoms with Gasteiger partial charge in [-0.1, -0.05) is 20.3 Å². The van der Waals surface area contributed by atoms with Crippen molar-refractivity contribution < 1.29 is 0 Å². The summed E-state index contributed by atoms with van der Waals surface area (Å²) in [7, 11) is 0. The van der Waals surface area contributed by atoms with Gasteiger partial charge in [0, 0.05) is 17.3 Å². The third-order valence-electron chi connectivity index (χ3n) is 3.65. The molecule has 1 N–H and O–H groups in total. The van der Waals surface area contributed by atoms with Crippen LogP contribution in [-0.2, 0) is 0 Å². The van der Waals surface area contributed by atoms with Crippen molar-refractivity contribution in [1.82, 2.24) is 5.32 Å². The Balaban J connectivity index is 2.12. The number of hydrogen-bond acceptors (Lipinski definition) is 2. The lowest BCUT2D eigenvalue weighted by atomic mass is 9.84. The van der Waals surface area contributed by atoms with Crippen LogP contribution in [0.5, 0.6) is 0 Å². The van der Waals surface area contributed by atoms with Crippen LogP contribution in [-0.4, -0.2) is 23.6 Å². The molecule has 0 spiro atoms. The Bertz CT molecular complexity index is 170. The Labute approximate surface area is 99.8 Å². The summed E-state index contributed by atoms with van der Waals surface area (Å²) in [6.45, 7) is 8.16. The molecule has 1 fully saturated rings. The molecule has 0 aromatic heterocycles. The highest BCUT2D eigenvalue weighted by Gasteiger charge is 2.35. The molecule has 1 aliphatic carbocycles. The van der Waals surface area contributed by atoms with E-state index < -0.39 is 0 Å². The van der Waals surface area contributed by atoms with Crippen molar-refractivity contribution in [3.05, 3.63) is 0 Å². The van der Waals surface area contributed by atoms with Crippen LogP contribution < -0.4 is 5.32 Å². The predicted octanol–water partition coefficient (Wildman–Crippen LogP) is 3.69. The molecule has 2 heteroatoms. The van der Waals surface area contributed by atoms with Gasteiger partial charge in [0.2, 0.25) is 0 Å². The minimum Gasteiger partial charge on any atom is -0.313 e. The molecule has 1 unspecified atom stereocenters. The van der Waals surface area contributed by atoms with Crippen molar-refractivity contribution in [3.63, 3.8) is 0 Å². The molecular weight excluding hydrogens is 202 g/mol. The van der Waals surface area contributed by atoms with Crippen LogP contribution in [0.25, 0.3) is 0 Å². The number of hydrogen-bond donors (Lipinski definition) is 1. The topological polar surface area (TPSA) is 12.0 Å². The minimum absolute atomic E-state index is 0.589. The van der Waals surface area contributed by atoms with Crippen molar-refractivity contribution in [2.75, 3.05) is 12.8 Å². The van der Waals surface area contributed by atoms with Gasteiger partial charge in [0.25, 0.3) is 0 Å². The molecule has 0 aromatic rings. The van der Waals surface area contributed by atoms with Gasteiger partial charge in [-0.25, -0.2) is 0 Å². The molecule has 1 atom stereocenters. The maximum absolute atomic E-state index is 3.71. The highest BCUT2D eigenvalue weighted by Crippen LogP contribution is 2.42. The highest BCUT2D eigenvalue weighted by atomic mass is 32.2. The Morgan fingerprint density at radius 3 is 2.27 bits per heavy atom. The molecule has 90 valence electrons. The lowest BCUT2D eigenvalue weighted by Gasteiger charge is -2.41. The standard InChI is InChI=1S/C13H27NS/c1-11(2)6-7-12(3)14-10-13(15-4)8-5-9-13/h11-12,14H,5-10H2,1-4H3. The van der Waals surface area contributed by atoms with E-state index in [0.29, 0.717) is 10.8 Å². The average molecular weight is 229 g/mol.